The van der Waals surface area contributed by atoms with Crippen LogP contribution in [-0.2, 0) is 4.74 Å². The van der Waals surface area contributed by atoms with Crippen LogP contribution >= 0.6 is 31.9 Å². The third-order valence-corrected chi connectivity index (χ3v) is 2.21. The van der Waals surface area contributed by atoms with Gasteiger partial charge in [0.15, 0.2) is 0 Å². The maximum atomic E-state index is 4.92. The fraction of sp³-hybridized carbons (Fsp3) is 0.375. The molecule has 13 heavy (non-hydrogen) atoms. The van der Waals surface area contributed by atoms with Crippen molar-refractivity contribution in [2.45, 2.75) is 0 Å². The van der Waals surface area contributed by atoms with Crippen LogP contribution in [0.2, 0.25) is 0 Å². The van der Waals surface area contributed by atoms with Crippen LogP contribution in [0.1, 0.15) is 0 Å². The number of nitrogens with one attached hydrogen (secondary N) is 1. The van der Waals surface area contributed by atoms with Crippen LogP contribution in [0.3, 0.4) is 0 Å². The molecule has 1 heterocycles. The van der Waals surface area contributed by atoms with Gasteiger partial charge in [-0.1, -0.05) is 0 Å². The standard InChI is InChI=1S/C8H10Br2N2O/c1-13-3-2-11-6-4-7(9)12-8(10)5-6/h4-5H,2-3H2,1H3,(H,11,12). The summed E-state index contributed by atoms with van der Waals surface area (Å²) in [7, 11) is 1.68. The Hall–Kier alpha value is -0.130. The highest BCUT2D eigenvalue weighted by Crippen LogP contribution is 2.19. The Morgan fingerprint density at radius 2 is 2.00 bits per heavy atom. The Morgan fingerprint density at radius 3 is 2.54 bits per heavy atom. The molecule has 0 unspecified atom stereocenters. The first-order valence-electron chi connectivity index (χ1n) is 3.78. The van der Waals surface area contributed by atoms with E-state index >= 15 is 0 Å². The topological polar surface area (TPSA) is 34.1 Å². The smallest absolute Gasteiger partial charge is 0.109 e. The molecule has 1 aromatic rings. The van der Waals surface area contributed by atoms with E-state index in [1.54, 1.807) is 7.11 Å². The first-order chi connectivity index (χ1) is 6.22. The van der Waals surface area contributed by atoms with E-state index in [1.807, 2.05) is 12.1 Å². The number of halogens is 2. The Kier molecular flexibility index (Phi) is 4.69. The number of hydrogen-bond donors (Lipinski definition) is 1. The number of nitrogens with zero attached hydrogens (tertiary/aromatic N) is 1. The van der Waals surface area contributed by atoms with Gasteiger partial charge >= 0.3 is 0 Å². The molecule has 1 rings (SSSR count). The van der Waals surface area contributed by atoms with E-state index in [0.29, 0.717) is 6.61 Å². The van der Waals surface area contributed by atoms with Gasteiger partial charge in [0.05, 0.1) is 6.61 Å². The van der Waals surface area contributed by atoms with Crippen molar-refractivity contribution in [2.24, 2.45) is 0 Å². The quantitative estimate of drug-likeness (QED) is 0.686. The third-order valence-electron chi connectivity index (χ3n) is 1.40. The van der Waals surface area contributed by atoms with Crippen molar-refractivity contribution < 1.29 is 4.74 Å². The summed E-state index contributed by atoms with van der Waals surface area (Å²) in [5.41, 5.74) is 1.02. The summed E-state index contributed by atoms with van der Waals surface area (Å²) < 4.78 is 6.54. The van der Waals surface area contributed by atoms with Crippen molar-refractivity contribution in [1.82, 2.24) is 4.98 Å². The van der Waals surface area contributed by atoms with Gasteiger partial charge in [0.2, 0.25) is 0 Å². The van der Waals surface area contributed by atoms with E-state index in [1.165, 1.54) is 0 Å². The fourth-order valence-electron chi connectivity index (χ4n) is 0.864. The second-order valence-electron chi connectivity index (χ2n) is 2.42. The number of rotatable bonds is 4. The van der Waals surface area contributed by atoms with Crippen LogP contribution in [0.4, 0.5) is 5.69 Å². The van der Waals surface area contributed by atoms with E-state index in [9.17, 15) is 0 Å². The second kappa shape index (κ2) is 5.57. The maximum absolute atomic E-state index is 4.92. The highest BCUT2D eigenvalue weighted by Gasteiger charge is 1.97. The summed E-state index contributed by atoms with van der Waals surface area (Å²) in [5, 5.41) is 3.20. The molecule has 0 aliphatic heterocycles. The SMILES string of the molecule is COCCNc1cc(Br)nc(Br)c1. The van der Waals surface area contributed by atoms with Gasteiger partial charge in [-0.15, -0.1) is 0 Å². The van der Waals surface area contributed by atoms with Gasteiger partial charge in [0.25, 0.3) is 0 Å². The van der Waals surface area contributed by atoms with Crippen LogP contribution in [0.15, 0.2) is 21.3 Å². The molecule has 0 saturated carbocycles. The summed E-state index contributed by atoms with van der Waals surface area (Å²) in [6.45, 7) is 1.48. The van der Waals surface area contributed by atoms with Gasteiger partial charge in [0.1, 0.15) is 9.21 Å². The van der Waals surface area contributed by atoms with Gasteiger partial charge in [-0.3, -0.25) is 0 Å². The van der Waals surface area contributed by atoms with Crippen molar-refractivity contribution in [3.63, 3.8) is 0 Å². The molecule has 1 N–H and O–H groups in total. The van der Waals surface area contributed by atoms with Crippen LogP contribution in [0.25, 0.3) is 0 Å². The van der Waals surface area contributed by atoms with Crippen molar-refractivity contribution in [1.29, 1.82) is 0 Å². The molecule has 0 bridgehead atoms. The monoisotopic (exact) mass is 308 g/mol. The predicted octanol–water partition coefficient (Wildman–Crippen LogP) is 2.66. The van der Waals surface area contributed by atoms with E-state index in [2.05, 4.69) is 42.2 Å². The molecule has 72 valence electrons. The summed E-state index contributed by atoms with van der Waals surface area (Å²) in [5.74, 6) is 0. The average Bonchev–Trinajstić information content (AvgIpc) is 2.03. The molecule has 0 aliphatic rings. The van der Waals surface area contributed by atoms with Crippen molar-refractivity contribution >= 4 is 37.5 Å². The Balaban J connectivity index is 2.56. The minimum absolute atomic E-state index is 0.692. The van der Waals surface area contributed by atoms with Gasteiger partial charge in [-0.05, 0) is 44.0 Å². The summed E-state index contributed by atoms with van der Waals surface area (Å²) in [6, 6.07) is 3.83. The number of hydrogen-bond acceptors (Lipinski definition) is 3. The van der Waals surface area contributed by atoms with Gasteiger partial charge in [0, 0.05) is 19.3 Å². The third kappa shape index (κ3) is 4.06. The lowest BCUT2D eigenvalue weighted by Crippen LogP contribution is -2.07. The minimum atomic E-state index is 0.692. The molecule has 0 amide bonds. The first-order valence-corrected chi connectivity index (χ1v) is 5.37. The molecule has 0 spiro atoms. The van der Waals surface area contributed by atoms with Gasteiger partial charge < -0.3 is 10.1 Å². The number of pyridine rings is 1. The van der Waals surface area contributed by atoms with Crippen molar-refractivity contribution in [3.8, 4) is 0 Å². The van der Waals surface area contributed by atoms with Crippen molar-refractivity contribution in [3.05, 3.63) is 21.3 Å². The normalized spacial score (nSPS) is 10.1. The Morgan fingerprint density at radius 1 is 1.38 bits per heavy atom. The maximum Gasteiger partial charge on any atom is 0.109 e. The largest absolute Gasteiger partial charge is 0.383 e. The van der Waals surface area contributed by atoms with Crippen LogP contribution in [0, 0.1) is 0 Å². The van der Waals surface area contributed by atoms with E-state index in [0.717, 1.165) is 21.4 Å². The number of methoxy groups -OCH3 is 1. The van der Waals surface area contributed by atoms with E-state index < -0.39 is 0 Å². The molecule has 0 radical (unpaired) electrons. The van der Waals surface area contributed by atoms with Crippen LogP contribution in [-0.4, -0.2) is 25.2 Å². The zero-order valence-corrected chi connectivity index (χ0v) is 10.4. The Bertz CT molecular complexity index is 261. The Labute approximate surface area is 94.1 Å². The minimum Gasteiger partial charge on any atom is -0.383 e. The van der Waals surface area contributed by atoms with Crippen LogP contribution < -0.4 is 5.32 Å². The van der Waals surface area contributed by atoms with Gasteiger partial charge in [-0.2, -0.15) is 0 Å². The molecule has 5 heteroatoms. The zero-order valence-electron chi connectivity index (χ0n) is 7.18. The van der Waals surface area contributed by atoms with E-state index in [-0.39, 0.29) is 0 Å². The molecular formula is C8H10Br2N2O. The summed E-state index contributed by atoms with van der Waals surface area (Å²) >= 11 is 6.62. The van der Waals surface area contributed by atoms with Crippen molar-refractivity contribution in [2.75, 3.05) is 25.6 Å². The lowest BCUT2D eigenvalue weighted by molar-refractivity contribution is 0.211. The number of anilines is 1. The molecule has 3 nitrogen and oxygen atoms in total. The van der Waals surface area contributed by atoms with E-state index in [4.69, 9.17) is 4.74 Å². The fourth-order valence-corrected chi connectivity index (χ4v) is 1.98. The number of ether oxygens (including phenoxy) is 1. The highest BCUT2D eigenvalue weighted by atomic mass is 79.9. The average molecular weight is 310 g/mol. The molecule has 0 saturated heterocycles. The number of aromatic nitrogens is 1. The molecule has 1 aromatic heterocycles. The molecular weight excluding hydrogens is 300 g/mol. The summed E-state index contributed by atoms with van der Waals surface area (Å²) in [6.07, 6.45) is 0. The lowest BCUT2D eigenvalue weighted by atomic mass is 10.4. The molecule has 0 aromatic carbocycles. The molecule has 0 fully saturated rings. The second-order valence-corrected chi connectivity index (χ2v) is 4.05. The summed E-state index contributed by atoms with van der Waals surface area (Å²) in [4.78, 5) is 4.12. The first kappa shape index (κ1) is 10.9. The van der Waals surface area contributed by atoms with Gasteiger partial charge in [-0.25, -0.2) is 4.98 Å². The molecule has 0 atom stereocenters. The van der Waals surface area contributed by atoms with Crippen LogP contribution in [0.5, 0.6) is 0 Å². The lowest BCUT2D eigenvalue weighted by Gasteiger charge is -2.05. The predicted molar refractivity (Wildman–Crippen MR) is 60.0 cm³/mol. The zero-order chi connectivity index (χ0) is 9.68. The molecule has 0 aliphatic carbocycles. The highest BCUT2D eigenvalue weighted by molar-refractivity contribution is 9.11.